The van der Waals surface area contributed by atoms with Crippen molar-refractivity contribution in [1.82, 2.24) is 0 Å². The highest BCUT2D eigenvalue weighted by atomic mass is 32.2. The van der Waals surface area contributed by atoms with Gasteiger partial charge in [-0.2, -0.15) is 0 Å². The maximum atomic E-state index is 12.2. The Morgan fingerprint density at radius 3 is 1.93 bits per heavy atom. The van der Waals surface area contributed by atoms with Crippen LogP contribution in [-0.4, -0.2) is 19.3 Å². The van der Waals surface area contributed by atoms with Crippen molar-refractivity contribution in [1.29, 1.82) is 0 Å². The van der Waals surface area contributed by atoms with Crippen LogP contribution in [0, 0.1) is 0 Å². The minimum atomic E-state index is -3.27. The first-order valence-corrected chi connectivity index (χ1v) is 11.3. The molecule has 0 aliphatic carbocycles. The second kappa shape index (κ2) is 11.8. The fraction of sp³-hybridized carbons (Fsp3) is 0.478. The number of rotatable bonds is 11. The van der Waals surface area contributed by atoms with Crippen molar-refractivity contribution < 1.29 is 13.5 Å². The predicted molar refractivity (Wildman–Crippen MR) is 115 cm³/mol. The second-order valence-electron chi connectivity index (χ2n) is 7.41. The quantitative estimate of drug-likeness (QED) is 0.353. The van der Waals surface area contributed by atoms with Gasteiger partial charge in [-0.3, -0.25) is 0 Å². The molecule has 27 heavy (non-hydrogen) atoms. The molecule has 0 radical (unpaired) electrons. The molecule has 0 bridgehead atoms. The Balaban J connectivity index is 2.34. The molecule has 1 N–H and O–H groups in total. The molecule has 0 atom stereocenters. The summed E-state index contributed by atoms with van der Waals surface area (Å²) in [5.74, 6) is 0.207. The molecule has 0 saturated carbocycles. The average Bonchev–Trinajstić information content (AvgIpc) is 2.59. The molecule has 1 aromatic rings. The Morgan fingerprint density at radius 1 is 0.852 bits per heavy atom. The first-order chi connectivity index (χ1) is 12.7. The van der Waals surface area contributed by atoms with E-state index in [4.69, 9.17) is 0 Å². The predicted octanol–water partition coefficient (Wildman–Crippen LogP) is 6.37. The van der Waals surface area contributed by atoms with Crippen LogP contribution < -0.4 is 0 Å². The van der Waals surface area contributed by atoms with Crippen LogP contribution in [-0.2, 0) is 9.84 Å². The maximum absolute atomic E-state index is 12.2. The van der Waals surface area contributed by atoms with E-state index in [1.165, 1.54) is 41.0 Å². The maximum Gasteiger partial charge on any atom is 0.178 e. The van der Waals surface area contributed by atoms with E-state index in [0.29, 0.717) is 6.42 Å². The van der Waals surface area contributed by atoms with Gasteiger partial charge in [0, 0.05) is 0 Å². The number of allylic oxidation sites excluding steroid dienone is 6. The fourth-order valence-electron chi connectivity index (χ4n) is 2.73. The summed E-state index contributed by atoms with van der Waals surface area (Å²) >= 11 is 0. The molecule has 0 amide bonds. The van der Waals surface area contributed by atoms with Gasteiger partial charge < -0.3 is 5.11 Å². The minimum absolute atomic E-state index is 0.0775. The molecule has 0 heterocycles. The normalized spacial score (nSPS) is 12.9. The van der Waals surface area contributed by atoms with Gasteiger partial charge in [0.15, 0.2) is 9.84 Å². The van der Waals surface area contributed by atoms with Crippen LogP contribution in [0.4, 0.5) is 0 Å². The zero-order chi connectivity index (χ0) is 20.3. The zero-order valence-electron chi connectivity index (χ0n) is 17.2. The lowest BCUT2D eigenvalue weighted by Crippen LogP contribution is -2.06. The summed E-state index contributed by atoms with van der Waals surface area (Å²) in [4.78, 5) is 0.273. The van der Waals surface area contributed by atoms with Crippen LogP contribution in [0.15, 0.2) is 64.1 Å². The van der Waals surface area contributed by atoms with Crippen molar-refractivity contribution in [3.8, 4) is 5.75 Å². The first-order valence-electron chi connectivity index (χ1n) is 9.67. The zero-order valence-corrected chi connectivity index (χ0v) is 18.0. The topological polar surface area (TPSA) is 54.4 Å². The summed E-state index contributed by atoms with van der Waals surface area (Å²) in [7, 11) is -3.27. The van der Waals surface area contributed by atoms with Gasteiger partial charge in [0.05, 0.1) is 10.6 Å². The number of unbranched alkanes of at least 4 members (excludes halogenated alkanes) is 1. The number of phenolic OH excluding ortho intramolecular Hbond substituents is 1. The van der Waals surface area contributed by atoms with Gasteiger partial charge in [0.2, 0.25) is 0 Å². The molecule has 0 aliphatic rings. The van der Waals surface area contributed by atoms with Crippen molar-refractivity contribution >= 4 is 9.84 Å². The summed E-state index contributed by atoms with van der Waals surface area (Å²) in [6.07, 6.45) is 12.4. The van der Waals surface area contributed by atoms with Crippen LogP contribution in [0.25, 0.3) is 0 Å². The molecular formula is C23H34O3S. The molecule has 0 aromatic heterocycles. The van der Waals surface area contributed by atoms with Gasteiger partial charge in [-0.1, -0.05) is 34.9 Å². The number of hydrogen-bond acceptors (Lipinski definition) is 3. The minimum Gasteiger partial charge on any atom is -0.508 e. The van der Waals surface area contributed by atoms with Crippen molar-refractivity contribution in [2.45, 2.75) is 71.1 Å². The van der Waals surface area contributed by atoms with Crippen LogP contribution in [0.2, 0.25) is 0 Å². The Labute approximate surface area is 165 Å². The average molecular weight is 391 g/mol. The number of hydrogen-bond donors (Lipinski definition) is 1. The summed E-state index contributed by atoms with van der Waals surface area (Å²) in [5.41, 5.74) is 4.11. The van der Waals surface area contributed by atoms with E-state index in [1.807, 2.05) is 0 Å². The fourth-order valence-corrected chi connectivity index (χ4v) is 4.07. The van der Waals surface area contributed by atoms with Gasteiger partial charge in [0.1, 0.15) is 5.75 Å². The van der Waals surface area contributed by atoms with Gasteiger partial charge in [-0.15, -0.1) is 0 Å². The van der Waals surface area contributed by atoms with E-state index in [0.717, 1.165) is 32.1 Å². The lowest BCUT2D eigenvalue weighted by Gasteiger charge is -2.04. The van der Waals surface area contributed by atoms with E-state index in [9.17, 15) is 13.5 Å². The number of phenols is 1. The highest BCUT2D eigenvalue weighted by Crippen LogP contribution is 2.17. The van der Waals surface area contributed by atoms with Gasteiger partial charge in [0.25, 0.3) is 0 Å². The Bertz CT molecular complexity index is 762. The van der Waals surface area contributed by atoms with Crippen LogP contribution >= 0.6 is 0 Å². The Morgan fingerprint density at radius 2 is 1.37 bits per heavy atom. The van der Waals surface area contributed by atoms with Gasteiger partial charge >= 0.3 is 0 Å². The number of sulfone groups is 1. The van der Waals surface area contributed by atoms with E-state index >= 15 is 0 Å². The third-order valence-corrected chi connectivity index (χ3v) is 6.25. The molecule has 0 saturated heterocycles. The van der Waals surface area contributed by atoms with E-state index < -0.39 is 9.84 Å². The van der Waals surface area contributed by atoms with E-state index in [-0.39, 0.29) is 16.4 Å². The van der Waals surface area contributed by atoms with Crippen LogP contribution in [0.3, 0.4) is 0 Å². The highest BCUT2D eigenvalue weighted by Gasteiger charge is 2.13. The summed E-state index contributed by atoms with van der Waals surface area (Å²) in [6, 6.07) is 5.73. The van der Waals surface area contributed by atoms with Gasteiger partial charge in [-0.05, 0) is 90.5 Å². The van der Waals surface area contributed by atoms with Crippen molar-refractivity contribution in [3.05, 3.63) is 59.2 Å². The lowest BCUT2D eigenvalue weighted by atomic mass is 10.1. The standard InChI is InChI=1S/C23H34O3S/c1-19(2)9-7-11-21(4)13-8-12-20(3)10-5-6-18-27(25,26)23-16-14-22(24)15-17-23/h9-10,13-17,24H,5-8,11-12,18H2,1-4H3/b20-10+,21-13+. The molecular weight excluding hydrogens is 356 g/mol. The van der Waals surface area contributed by atoms with E-state index in [1.54, 1.807) is 0 Å². The van der Waals surface area contributed by atoms with Crippen molar-refractivity contribution in [2.24, 2.45) is 0 Å². The first kappa shape index (κ1) is 23.2. The second-order valence-corrected chi connectivity index (χ2v) is 9.52. The van der Waals surface area contributed by atoms with Crippen molar-refractivity contribution in [2.75, 3.05) is 5.75 Å². The Hall–Kier alpha value is -1.81. The smallest absolute Gasteiger partial charge is 0.178 e. The molecule has 4 heteroatoms. The van der Waals surface area contributed by atoms with Crippen molar-refractivity contribution in [3.63, 3.8) is 0 Å². The molecule has 0 spiro atoms. The molecule has 1 rings (SSSR count). The SMILES string of the molecule is CC(C)=CCC/C(C)=C/CC/C(C)=C/CCCS(=O)(=O)c1ccc(O)cc1. The van der Waals surface area contributed by atoms with E-state index in [2.05, 4.69) is 45.9 Å². The molecule has 0 unspecified atom stereocenters. The van der Waals surface area contributed by atoms with Crippen LogP contribution in [0.5, 0.6) is 5.75 Å². The molecule has 1 aromatic carbocycles. The van der Waals surface area contributed by atoms with Gasteiger partial charge in [-0.25, -0.2) is 8.42 Å². The summed E-state index contributed by atoms with van der Waals surface area (Å²) < 4.78 is 24.5. The third kappa shape index (κ3) is 10.2. The largest absolute Gasteiger partial charge is 0.508 e. The third-order valence-electron chi connectivity index (χ3n) is 4.43. The number of aromatic hydroxyl groups is 1. The molecule has 0 fully saturated rings. The molecule has 3 nitrogen and oxygen atoms in total. The highest BCUT2D eigenvalue weighted by molar-refractivity contribution is 7.91. The lowest BCUT2D eigenvalue weighted by molar-refractivity contribution is 0.475. The monoisotopic (exact) mass is 390 g/mol. The molecule has 150 valence electrons. The Kier molecular flexibility index (Phi) is 10.2. The van der Waals surface area contributed by atoms with Crippen LogP contribution in [0.1, 0.15) is 66.2 Å². The summed E-state index contributed by atoms with van der Waals surface area (Å²) in [6.45, 7) is 8.55. The number of benzene rings is 1. The summed E-state index contributed by atoms with van der Waals surface area (Å²) in [5, 5.41) is 9.26. The molecule has 0 aliphatic heterocycles.